The van der Waals surface area contributed by atoms with Crippen LogP contribution in [0.1, 0.15) is 5.56 Å². The van der Waals surface area contributed by atoms with Gasteiger partial charge >= 0.3 is 0 Å². The van der Waals surface area contributed by atoms with Gasteiger partial charge in [0.15, 0.2) is 11.6 Å². The van der Waals surface area contributed by atoms with E-state index in [1.54, 1.807) is 6.07 Å². The SMILES string of the molecule is NC(=S)c1cc(Oc2c(F)c(F)c3[nH]ccc3c2Br)ccc1F. The van der Waals surface area contributed by atoms with E-state index < -0.39 is 17.5 Å². The third-order valence-electron chi connectivity index (χ3n) is 3.22. The van der Waals surface area contributed by atoms with Gasteiger partial charge < -0.3 is 15.5 Å². The van der Waals surface area contributed by atoms with Gasteiger partial charge in [0.2, 0.25) is 5.82 Å². The van der Waals surface area contributed by atoms with Gasteiger partial charge in [-0.3, -0.25) is 0 Å². The van der Waals surface area contributed by atoms with E-state index in [1.165, 1.54) is 18.3 Å². The normalized spacial score (nSPS) is 11.0. The van der Waals surface area contributed by atoms with Gasteiger partial charge in [-0.25, -0.2) is 8.78 Å². The number of H-pyrrole nitrogens is 1. The third-order valence-corrected chi connectivity index (χ3v) is 4.22. The molecule has 3 nitrogen and oxygen atoms in total. The van der Waals surface area contributed by atoms with Crippen LogP contribution < -0.4 is 10.5 Å². The van der Waals surface area contributed by atoms with Gasteiger partial charge in [-0.1, -0.05) is 12.2 Å². The second-order valence-corrected chi connectivity index (χ2v) is 5.88. The molecule has 0 saturated heterocycles. The summed E-state index contributed by atoms with van der Waals surface area (Å²) < 4.78 is 47.5. The average Bonchev–Trinajstić information content (AvgIpc) is 3.00. The summed E-state index contributed by atoms with van der Waals surface area (Å²) in [5, 5.41) is 0.413. The third kappa shape index (κ3) is 2.68. The van der Waals surface area contributed by atoms with Gasteiger partial charge in [0.25, 0.3) is 0 Å². The van der Waals surface area contributed by atoms with Crippen molar-refractivity contribution in [2.45, 2.75) is 0 Å². The molecule has 0 spiro atoms. The molecule has 0 aliphatic heterocycles. The molecule has 3 aromatic rings. The summed E-state index contributed by atoms with van der Waals surface area (Å²) in [5.74, 6) is -3.15. The predicted molar refractivity (Wildman–Crippen MR) is 88.3 cm³/mol. The van der Waals surface area contributed by atoms with Crippen LogP contribution in [0.25, 0.3) is 10.9 Å². The van der Waals surface area contributed by atoms with Crippen LogP contribution in [0, 0.1) is 17.5 Å². The summed E-state index contributed by atoms with van der Waals surface area (Å²) in [5.41, 5.74) is 5.38. The van der Waals surface area contributed by atoms with Gasteiger partial charge in [-0.15, -0.1) is 0 Å². The summed E-state index contributed by atoms with van der Waals surface area (Å²) in [6.45, 7) is 0. The molecule has 0 bridgehead atoms. The van der Waals surface area contributed by atoms with Crippen LogP contribution in [0.5, 0.6) is 11.5 Å². The first kappa shape index (κ1) is 15.8. The zero-order chi connectivity index (χ0) is 16.7. The maximum atomic E-state index is 14.2. The number of aromatic amines is 1. The first-order valence-electron chi connectivity index (χ1n) is 6.31. The van der Waals surface area contributed by atoms with Crippen LogP contribution in [0.4, 0.5) is 13.2 Å². The fraction of sp³-hybridized carbons (Fsp3) is 0. The molecule has 1 heterocycles. The summed E-state index contributed by atoms with van der Waals surface area (Å²) in [7, 11) is 0. The van der Waals surface area contributed by atoms with Crippen LogP contribution >= 0.6 is 28.1 Å². The minimum atomic E-state index is -1.17. The standard InChI is InChI=1S/C15H8BrF3N2OS/c16-10-7-3-4-21-13(7)11(18)12(19)14(10)22-6-1-2-9(17)8(5-6)15(20)23/h1-5,21H,(H2,20,23). The van der Waals surface area contributed by atoms with Crippen LogP contribution in [0.2, 0.25) is 0 Å². The number of halogens is 4. The lowest BCUT2D eigenvalue weighted by molar-refractivity contribution is 0.416. The number of nitrogens with two attached hydrogens (primary N) is 1. The first-order valence-corrected chi connectivity index (χ1v) is 7.51. The number of fused-ring (bicyclic) bond motifs is 1. The largest absolute Gasteiger partial charge is 0.453 e. The molecule has 0 amide bonds. The number of rotatable bonds is 3. The maximum absolute atomic E-state index is 14.2. The van der Waals surface area contributed by atoms with Crippen molar-refractivity contribution in [3.8, 4) is 11.5 Å². The Bertz CT molecular complexity index is 942. The van der Waals surface area contributed by atoms with Crippen LogP contribution in [-0.2, 0) is 0 Å². The van der Waals surface area contributed by atoms with Gasteiger partial charge in [-0.2, -0.15) is 4.39 Å². The average molecular weight is 401 g/mol. The molecule has 0 fully saturated rings. The number of thiocarbonyl (C=S) groups is 1. The summed E-state index contributed by atoms with van der Waals surface area (Å²) in [6, 6.07) is 5.14. The highest BCUT2D eigenvalue weighted by atomic mass is 79.9. The molecule has 118 valence electrons. The molecule has 1 aromatic heterocycles. The molecule has 3 N–H and O–H groups in total. The van der Waals surface area contributed by atoms with E-state index in [0.717, 1.165) is 6.07 Å². The van der Waals surface area contributed by atoms with Crippen molar-refractivity contribution in [2.24, 2.45) is 5.73 Å². The fourth-order valence-corrected chi connectivity index (χ4v) is 2.87. The molecule has 2 aromatic carbocycles. The molecule has 0 aliphatic rings. The van der Waals surface area contributed by atoms with Crippen molar-refractivity contribution in [1.82, 2.24) is 4.98 Å². The Balaban J connectivity index is 2.12. The minimum absolute atomic E-state index is 0.0182. The fourth-order valence-electron chi connectivity index (χ4n) is 2.13. The lowest BCUT2D eigenvalue weighted by Gasteiger charge is -2.12. The van der Waals surface area contributed by atoms with Gasteiger partial charge in [-0.05, 0) is 40.2 Å². The summed E-state index contributed by atoms with van der Waals surface area (Å²) in [6.07, 6.45) is 1.48. The number of benzene rings is 2. The van der Waals surface area contributed by atoms with Crippen molar-refractivity contribution in [1.29, 1.82) is 0 Å². The van der Waals surface area contributed by atoms with Gasteiger partial charge in [0.05, 0.1) is 9.99 Å². The Labute approximate surface area is 142 Å². The quantitative estimate of drug-likeness (QED) is 0.491. The number of hydrogen-bond donors (Lipinski definition) is 2. The number of hydrogen-bond acceptors (Lipinski definition) is 2. The van der Waals surface area contributed by atoms with E-state index in [-0.39, 0.29) is 32.0 Å². The van der Waals surface area contributed by atoms with Crippen molar-refractivity contribution < 1.29 is 17.9 Å². The lowest BCUT2D eigenvalue weighted by Crippen LogP contribution is -2.11. The maximum Gasteiger partial charge on any atom is 0.204 e. The topological polar surface area (TPSA) is 51.0 Å². The molecule has 0 saturated carbocycles. The van der Waals surface area contributed by atoms with Crippen molar-refractivity contribution in [3.05, 3.63) is 58.0 Å². The van der Waals surface area contributed by atoms with E-state index in [1.807, 2.05) is 0 Å². The zero-order valence-electron chi connectivity index (χ0n) is 11.3. The second-order valence-electron chi connectivity index (χ2n) is 4.65. The Kier molecular flexibility index (Phi) is 4.03. The molecular weight excluding hydrogens is 393 g/mol. The lowest BCUT2D eigenvalue weighted by atomic mass is 10.2. The molecule has 0 atom stereocenters. The Morgan fingerprint density at radius 3 is 2.61 bits per heavy atom. The predicted octanol–water partition coefficient (Wildman–Crippen LogP) is 4.77. The van der Waals surface area contributed by atoms with Crippen molar-refractivity contribution in [2.75, 3.05) is 0 Å². The number of aromatic nitrogens is 1. The second kappa shape index (κ2) is 5.86. The monoisotopic (exact) mass is 400 g/mol. The first-order chi connectivity index (χ1) is 10.9. The van der Waals surface area contributed by atoms with E-state index in [0.29, 0.717) is 5.39 Å². The van der Waals surface area contributed by atoms with E-state index in [9.17, 15) is 13.2 Å². The molecule has 0 aliphatic carbocycles. The van der Waals surface area contributed by atoms with Gasteiger partial charge in [0.1, 0.15) is 16.6 Å². The van der Waals surface area contributed by atoms with Crippen molar-refractivity contribution >= 4 is 44.0 Å². The molecule has 0 radical (unpaired) electrons. The summed E-state index contributed by atoms with van der Waals surface area (Å²) in [4.78, 5) is 2.44. The van der Waals surface area contributed by atoms with Crippen LogP contribution in [0.15, 0.2) is 34.9 Å². The molecule has 23 heavy (non-hydrogen) atoms. The Morgan fingerprint density at radius 2 is 1.91 bits per heavy atom. The highest BCUT2D eigenvalue weighted by molar-refractivity contribution is 9.10. The Morgan fingerprint density at radius 1 is 1.17 bits per heavy atom. The van der Waals surface area contributed by atoms with E-state index in [2.05, 4.69) is 20.9 Å². The molecular formula is C15H8BrF3N2OS. The van der Waals surface area contributed by atoms with Crippen molar-refractivity contribution in [3.63, 3.8) is 0 Å². The number of nitrogens with one attached hydrogen (secondary N) is 1. The van der Waals surface area contributed by atoms with Crippen LogP contribution in [-0.4, -0.2) is 9.97 Å². The molecule has 8 heteroatoms. The highest BCUT2D eigenvalue weighted by Crippen LogP contribution is 2.40. The molecule has 3 rings (SSSR count). The minimum Gasteiger partial charge on any atom is -0.453 e. The van der Waals surface area contributed by atoms with E-state index >= 15 is 0 Å². The zero-order valence-corrected chi connectivity index (χ0v) is 13.7. The van der Waals surface area contributed by atoms with Crippen LogP contribution in [0.3, 0.4) is 0 Å². The van der Waals surface area contributed by atoms with E-state index in [4.69, 9.17) is 22.7 Å². The number of ether oxygens (including phenoxy) is 1. The highest BCUT2D eigenvalue weighted by Gasteiger charge is 2.21. The molecule has 0 unspecified atom stereocenters. The smallest absolute Gasteiger partial charge is 0.204 e. The Hall–Kier alpha value is -2.06. The summed E-state index contributed by atoms with van der Waals surface area (Å²) >= 11 is 7.92. The van der Waals surface area contributed by atoms with Gasteiger partial charge in [0, 0.05) is 17.1 Å².